The lowest BCUT2D eigenvalue weighted by molar-refractivity contribution is -0.192. The quantitative estimate of drug-likeness (QED) is 0.691. The van der Waals surface area contributed by atoms with E-state index in [1.54, 1.807) is 0 Å². The maximum Gasteiger partial charge on any atom is 0.405 e. The smallest absolute Gasteiger partial charge is 0.212 e. The molecule has 1 atom stereocenters. The molecule has 7 heteroatoms. The fraction of sp³-hybridized carbons (Fsp3) is 1.00. The zero-order valence-electron chi connectivity index (χ0n) is 7.00. The molecule has 1 rings (SSSR count). The number of alkyl halides is 3. The molecule has 0 spiro atoms. The second kappa shape index (κ2) is 3.13. The summed E-state index contributed by atoms with van der Waals surface area (Å²) in [6.45, 7) is 1.32. The van der Waals surface area contributed by atoms with Crippen LogP contribution in [0.25, 0.3) is 0 Å². The highest BCUT2D eigenvalue weighted by atomic mass is 32.2. The molecule has 78 valence electrons. The van der Waals surface area contributed by atoms with E-state index in [1.165, 1.54) is 6.92 Å². The van der Waals surface area contributed by atoms with E-state index in [0.717, 1.165) is 0 Å². The van der Waals surface area contributed by atoms with Crippen LogP contribution < -0.4 is 0 Å². The van der Waals surface area contributed by atoms with Crippen molar-refractivity contribution in [2.45, 2.75) is 25.6 Å². The van der Waals surface area contributed by atoms with Crippen LogP contribution in [0.15, 0.2) is 0 Å². The van der Waals surface area contributed by atoms with Crippen LogP contribution in [-0.2, 0) is 10.0 Å². The highest BCUT2D eigenvalue weighted by Gasteiger charge is 2.52. The molecule has 13 heavy (non-hydrogen) atoms. The van der Waals surface area contributed by atoms with Gasteiger partial charge in [-0.25, -0.2) is 8.42 Å². The predicted molar refractivity (Wildman–Crippen MR) is 40.6 cm³/mol. The largest absolute Gasteiger partial charge is 0.405 e. The van der Waals surface area contributed by atoms with Gasteiger partial charge in [-0.1, -0.05) is 0 Å². The number of nitrogens with zero attached hydrogens (tertiary/aromatic N) is 1. The summed E-state index contributed by atoms with van der Waals surface area (Å²) in [4.78, 5) is 0. The number of rotatable bonds is 2. The normalized spacial score (nSPS) is 25.7. The fourth-order valence-electron chi connectivity index (χ4n) is 1.19. The summed E-state index contributed by atoms with van der Waals surface area (Å²) in [7, 11) is -3.68. The van der Waals surface area contributed by atoms with E-state index >= 15 is 0 Å². The second-order valence-electron chi connectivity index (χ2n) is 2.86. The molecular formula is C6H10F3NO2S. The van der Waals surface area contributed by atoms with Crippen LogP contribution in [0.2, 0.25) is 0 Å². The molecular weight excluding hydrogens is 207 g/mol. The molecule has 1 aliphatic heterocycles. The van der Waals surface area contributed by atoms with Gasteiger partial charge in [-0.15, -0.1) is 0 Å². The minimum Gasteiger partial charge on any atom is -0.212 e. The van der Waals surface area contributed by atoms with Crippen molar-refractivity contribution in [2.75, 3.05) is 12.3 Å². The number of sulfonamides is 1. The Kier molecular flexibility index (Phi) is 2.59. The van der Waals surface area contributed by atoms with Crippen molar-refractivity contribution >= 4 is 10.0 Å². The van der Waals surface area contributed by atoms with Crippen molar-refractivity contribution in [3.8, 4) is 0 Å². The lowest BCUT2D eigenvalue weighted by Crippen LogP contribution is -2.58. The van der Waals surface area contributed by atoms with Crippen molar-refractivity contribution in [1.29, 1.82) is 0 Å². The average molecular weight is 217 g/mol. The van der Waals surface area contributed by atoms with Gasteiger partial charge in [0.2, 0.25) is 10.0 Å². The first-order chi connectivity index (χ1) is 5.79. The molecule has 1 aliphatic rings. The van der Waals surface area contributed by atoms with Gasteiger partial charge in [-0.3, -0.25) is 0 Å². The van der Waals surface area contributed by atoms with Gasteiger partial charge in [-0.05, 0) is 13.3 Å². The molecule has 0 aromatic carbocycles. The van der Waals surface area contributed by atoms with E-state index in [9.17, 15) is 21.6 Å². The van der Waals surface area contributed by atoms with Crippen molar-refractivity contribution < 1.29 is 21.6 Å². The summed E-state index contributed by atoms with van der Waals surface area (Å²) in [5, 5.41) is 0. The van der Waals surface area contributed by atoms with Crippen LogP contribution in [0, 0.1) is 0 Å². The summed E-state index contributed by atoms with van der Waals surface area (Å²) in [6, 6.07) is -1.79. The molecule has 3 nitrogen and oxygen atoms in total. The van der Waals surface area contributed by atoms with E-state index < -0.39 is 22.2 Å². The van der Waals surface area contributed by atoms with Crippen LogP contribution in [0.3, 0.4) is 0 Å². The molecule has 0 radical (unpaired) electrons. The number of halogens is 3. The first kappa shape index (κ1) is 10.8. The molecule has 0 aliphatic carbocycles. The summed E-state index contributed by atoms with van der Waals surface area (Å²) in [5.41, 5.74) is 0. The molecule has 1 unspecified atom stereocenters. The molecule has 0 saturated carbocycles. The summed E-state index contributed by atoms with van der Waals surface area (Å²) >= 11 is 0. The number of hydrogen-bond acceptors (Lipinski definition) is 2. The van der Waals surface area contributed by atoms with E-state index in [1.807, 2.05) is 0 Å². The van der Waals surface area contributed by atoms with Crippen LogP contribution in [0.5, 0.6) is 0 Å². The zero-order chi connectivity index (χ0) is 10.3. The molecule has 0 bridgehead atoms. The molecule has 1 saturated heterocycles. The maximum absolute atomic E-state index is 12.1. The summed E-state index contributed by atoms with van der Waals surface area (Å²) < 4.78 is 59.0. The molecule has 1 heterocycles. The van der Waals surface area contributed by atoms with E-state index in [4.69, 9.17) is 0 Å². The lowest BCUT2D eigenvalue weighted by atomic mass is 10.1. The fourth-order valence-corrected chi connectivity index (χ4v) is 2.52. The van der Waals surface area contributed by atoms with Gasteiger partial charge in [0.05, 0.1) is 5.75 Å². The monoisotopic (exact) mass is 217 g/mol. The van der Waals surface area contributed by atoms with E-state index in [0.29, 0.717) is 4.31 Å². The first-order valence-electron chi connectivity index (χ1n) is 3.85. The van der Waals surface area contributed by atoms with Gasteiger partial charge in [0.1, 0.15) is 6.04 Å². The Morgan fingerprint density at radius 1 is 1.46 bits per heavy atom. The molecule has 0 N–H and O–H groups in total. The highest BCUT2D eigenvalue weighted by Crippen LogP contribution is 2.35. The third-order valence-electron chi connectivity index (χ3n) is 2.07. The van der Waals surface area contributed by atoms with Gasteiger partial charge < -0.3 is 0 Å². The molecule has 0 aromatic heterocycles. The second-order valence-corrected chi connectivity index (χ2v) is 5.07. The van der Waals surface area contributed by atoms with Crippen LogP contribution >= 0.6 is 0 Å². The van der Waals surface area contributed by atoms with Gasteiger partial charge in [-0.2, -0.15) is 17.5 Å². The zero-order valence-corrected chi connectivity index (χ0v) is 7.82. The first-order valence-corrected chi connectivity index (χ1v) is 5.46. The van der Waals surface area contributed by atoms with Crippen molar-refractivity contribution in [3.63, 3.8) is 0 Å². The minimum atomic E-state index is -4.43. The maximum atomic E-state index is 12.1. The Labute approximate surface area is 74.6 Å². The van der Waals surface area contributed by atoms with E-state index in [2.05, 4.69) is 0 Å². The third kappa shape index (κ3) is 1.96. The third-order valence-corrected chi connectivity index (χ3v) is 3.95. The molecule has 1 fully saturated rings. The van der Waals surface area contributed by atoms with Crippen molar-refractivity contribution in [2.24, 2.45) is 0 Å². The standard InChI is InChI=1S/C6H10F3NO2S/c1-2-13(11,12)10-4-3-5(10)6(7,8)9/h5H,2-4H2,1H3. The molecule has 0 aromatic rings. The van der Waals surface area contributed by atoms with Crippen molar-refractivity contribution in [3.05, 3.63) is 0 Å². The lowest BCUT2D eigenvalue weighted by Gasteiger charge is -2.40. The Balaban J connectivity index is 2.77. The van der Waals surface area contributed by atoms with Gasteiger partial charge in [0, 0.05) is 6.54 Å². The van der Waals surface area contributed by atoms with Crippen LogP contribution in [0.1, 0.15) is 13.3 Å². The number of hydrogen-bond donors (Lipinski definition) is 0. The highest BCUT2D eigenvalue weighted by molar-refractivity contribution is 7.89. The Hall–Kier alpha value is -0.300. The summed E-state index contributed by atoms with van der Waals surface area (Å²) in [6.07, 6.45) is -4.55. The van der Waals surface area contributed by atoms with Crippen LogP contribution in [0.4, 0.5) is 13.2 Å². The SMILES string of the molecule is CCS(=O)(=O)N1CCC1C(F)(F)F. The summed E-state index contributed by atoms with van der Waals surface area (Å²) in [5.74, 6) is -0.278. The van der Waals surface area contributed by atoms with E-state index in [-0.39, 0.29) is 18.7 Å². The van der Waals surface area contributed by atoms with Gasteiger partial charge in [0.15, 0.2) is 0 Å². The Morgan fingerprint density at radius 2 is 2.00 bits per heavy atom. The minimum absolute atomic E-state index is 0.0135. The molecule has 0 amide bonds. The van der Waals surface area contributed by atoms with Gasteiger partial charge >= 0.3 is 6.18 Å². The predicted octanol–water partition coefficient (Wildman–Crippen LogP) is 0.973. The average Bonchev–Trinajstić information content (AvgIpc) is 1.79. The Morgan fingerprint density at radius 3 is 2.23 bits per heavy atom. The topological polar surface area (TPSA) is 37.4 Å². The Bertz CT molecular complexity index is 285. The van der Waals surface area contributed by atoms with Gasteiger partial charge in [0.25, 0.3) is 0 Å². The van der Waals surface area contributed by atoms with Crippen molar-refractivity contribution in [1.82, 2.24) is 4.31 Å². The van der Waals surface area contributed by atoms with Crippen LogP contribution in [-0.4, -0.2) is 37.2 Å².